The molecule has 1 aliphatic heterocycles. The van der Waals surface area contributed by atoms with Crippen LogP contribution in [-0.2, 0) is 4.74 Å². The van der Waals surface area contributed by atoms with E-state index < -0.39 is 0 Å². The summed E-state index contributed by atoms with van der Waals surface area (Å²) in [5.41, 5.74) is -0.0511. The SMILES string of the molecule is CCC1COC(C)CN1C1CCC(CO)(NC)C1. The summed E-state index contributed by atoms with van der Waals surface area (Å²) in [7, 11) is 1.97. The first-order valence-electron chi connectivity index (χ1n) is 7.31. The smallest absolute Gasteiger partial charge is 0.0674 e. The lowest BCUT2D eigenvalue weighted by Crippen LogP contribution is -2.54. The number of nitrogens with one attached hydrogen (secondary N) is 1. The van der Waals surface area contributed by atoms with Gasteiger partial charge in [0.25, 0.3) is 0 Å². The second-order valence-electron chi connectivity index (χ2n) is 5.99. The second-order valence-corrected chi connectivity index (χ2v) is 5.99. The standard InChI is InChI=1S/C14H28N2O2/c1-4-12-9-18-11(2)8-16(12)13-5-6-14(7-13,10-17)15-3/h11-13,15,17H,4-10H2,1-3H3. The third-order valence-corrected chi connectivity index (χ3v) is 4.87. The zero-order valence-corrected chi connectivity index (χ0v) is 12.0. The van der Waals surface area contributed by atoms with Crippen LogP contribution in [0.2, 0.25) is 0 Å². The highest BCUT2D eigenvalue weighted by Crippen LogP contribution is 2.35. The lowest BCUT2D eigenvalue weighted by molar-refractivity contribution is -0.0726. The van der Waals surface area contributed by atoms with Gasteiger partial charge >= 0.3 is 0 Å². The van der Waals surface area contributed by atoms with Gasteiger partial charge in [0.1, 0.15) is 0 Å². The molecular weight excluding hydrogens is 228 g/mol. The maximum Gasteiger partial charge on any atom is 0.0674 e. The fraction of sp³-hybridized carbons (Fsp3) is 1.00. The first kappa shape index (κ1) is 14.3. The van der Waals surface area contributed by atoms with Crippen molar-refractivity contribution >= 4 is 0 Å². The van der Waals surface area contributed by atoms with E-state index in [1.54, 1.807) is 0 Å². The molecule has 0 spiro atoms. The number of hydrogen-bond donors (Lipinski definition) is 2. The molecule has 0 radical (unpaired) electrons. The van der Waals surface area contributed by atoms with Gasteiger partial charge in [-0.3, -0.25) is 4.90 Å². The number of ether oxygens (including phenoxy) is 1. The molecule has 0 bridgehead atoms. The van der Waals surface area contributed by atoms with Crippen molar-refractivity contribution in [2.24, 2.45) is 0 Å². The van der Waals surface area contributed by atoms with Gasteiger partial charge in [0.05, 0.1) is 19.3 Å². The van der Waals surface area contributed by atoms with Gasteiger partial charge in [-0.1, -0.05) is 6.92 Å². The molecule has 1 aliphatic carbocycles. The van der Waals surface area contributed by atoms with Crippen LogP contribution >= 0.6 is 0 Å². The highest BCUT2D eigenvalue weighted by molar-refractivity contribution is 5.00. The molecule has 0 aromatic rings. The summed E-state index contributed by atoms with van der Waals surface area (Å²) in [6.45, 7) is 6.54. The Hall–Kier alpha value is -0.160. The molecule has 2 fully saturated rings. The summed E-state index contributed by atoms with van der Waals surface area (Å²) in [5, 5.41) is 12.9. The molecule has 1 saturated heterocycles. The van der Waals surface area contributed by atoms with E-state index in [0.29, 0.717) is 18.2 Å². The van der Waals surface area contributed by atoms with E-state index in [1.807, 2.05) is 7.05 Å². The van der Waals surface area contributed by atoms with E-state index in [0.717, 1.165) is 32.4 Å². The molecular formula is C14H28N2O2. The quantitative estimate of drug-likeness (QED) is 0.787. The van der Waals surface area contributed by atoms with Crippen LogP contribution in [0.5, 0.6) is 0 Å². The van der Waals surface area contributed by atoms with Crippen molar-refractivity contribution in [1.82, 2.24) is 10.2 Å². The Bertz CT molecular complexity index is 269. The molecule has 2 rings (SSSR count). The summed E-state index contributed by atoms with van der Waals surface area (Å²) in [4.78, 5) is 2.63. The van der Waals surface area contributed by atoms with E-state index in [-0.39, 0.29) is 12.1 Å². The van der Waals surface area contributed by atoms with Crippen LogP contribution in [0, 0.1) is 0 Å². The largest absolute Gasteiger partial charge is 0.394 e. The van der Waals surface area contributed by atoms with Gasteiger partial charge in [0.2, 0.25) is 0 Å². The molecule has 106 valence electrons. The number of nitrogens with zero attached hydrogens (tertiary/aromatic N) is 1. The van der Waals surface area contributed by atoms with Crippen molar-refractivity contribution in [3.63, 3.8) is 0 Å². The molecule has 4 unspecified atom stereocenters. The molecule has 18 heavy (non-hydrogen) atoms. The molecule has 0 aromatic heterocycles. The molecule has 1 heterocycles. The normalized spacial score (nSPS) is 42.3. The highest BCUT2D eigenvalue weighted by Gasteiger charge is 2.42. The van der Waals surface area contributed by atoms with Crippen molar-refractivity contribution in [1.29, 1.82) is 0 Å². The molecule has 0 aromatic carbocycles. The first-order valence-corrected chi connectivity index (χ1v) is 7.31. The average molecular weight is 256 g/mol. The average Bonchev–Trinajstić information content (AvgIpc) is 2.83. The third-order valence-electron chi connectivity index (χ3n) is 4.87. The van der Waals surface area contributed by atoms with Gasteiger partial charge < -0.3 is 15.2 Å². The highest BCUT2D eigenvalue weighted by atomic mass is 16.5. The Morgan fingerprint density at radius 2 is 2.28 bits per heavy atom. The van der Waals surface area contributed by atoms with Gasteiger partial charge in [-0.05, 0) is 39.7 Å². The zero-order valence-electron chi connectivity index (χ0n) is 12.0. The van der Waals surface area contributed by atoms with Crippen LogP contribution in [0.15, 0.2) is 0 Å². The summed E-state index contributed by atoms with van der Waals surface area (Å²) >= 11 is 0. The molecule has 4 heteroatoms. The molecule has 0 amide bonds. The fourth-order valence-corrected chi connectivity index (χ4v) is 3.50. The number of aliphatic hydroxyl groups excluding tert-OH is 1. The Morgan fingerprint density at radius 3 is 2.83 bits per heavy atom. The lowest BCUT2D eigenvalue weighted by atomic mass is 9.98. The van der Waals surface area contributed by atoms with Gasteiger partial charge in [0, 0.05) is 24.2 Å². The fourth-order valence-electron chi connectivity index (χ4n) is 3.50. The van der Waals surface area contributed by atoms with E-state index in [2.05, 4.69) is 24.1 Å². The Morgan fingerprint density at radius 1 is 1.50 bits per heavy atom. The summed E-state index contributed by atoms with van der Waals surface area (Å²) < 4.78 is 5.77. The topological polar surface area (TPSA) is 44.7 Å². The Labute approximate surface area is 111 Å². The lowest BCUT2D eigenvalue weighted by Gasteiger charge is -2.42. The first-order chi connectivity index (χ1) is 8.64. The Kier molecular flexibility index (Phi) is 4.64. The molecule has 4 atom stereocenters. The van der Waals surface area contributed by atoms with Crippen molar-refractivity contribution in [3.05, 3.63) is 0 Å². The summed E-state index contributed by atoms with van der Waals surface area (Å²) in [5.74, 6) is 0. The van der Waals surface area contributed by atoms with Crippen LogP contribution in [0.4, 0.5) is 0 Å². The predicted octanol–water partition coefficient (Wildman–Crippen LogP) is 0.989. The zero-order chi connectivity index (χ0) is 13.2. The molecule has 4 nitrogen and oxygen atoms in total. The van der Waals surface area contributed by atoms with Crippen LogP contribution in [0.25, 0.3) is 0 Å². The van der Waals surface area contributed by atoms with Crippen LogP contribution in [0.3, 0.4) is 0 Å². The van der Waals surface area contributed by atoms with Gasteiger partial charge in [-0.2, -0.15) is 0 Å². The van der Waals surface area contributed by atoms with Crippen LogP contribution < -0.4 is 5.32 Å². The monoisotopic (exact) mass is 256 g/mol. The minimum absolute atomic E-state index is 0.0511. The number of likely N-dealkylation sites (N-methyl/N-ethyl adjacent to an activating group) is 1. The minimum Gasteiger partial charge on any atom is -0.394 e. The number of aliphatic hydroxyl groups is 1. The summed E-state index contributed by atoms with van der Waals surface area (Å²) in [6.07, 6.45) is 4.81. The van der Waals surface area contributed by atoms with Crippen molar-refractivity contribution in [2.75, 3.05) is 26.8 Å². The predicted molar refractivity (Wildman–Crippen MR) is 72.7 cm³/mol. The van der Waals surface area contributed by atoms with Gasteiger partial charge in [-0.15, -0.1) is 0 Å². The number of morpholine rings is 1. The molecule has 1 saturated carbocycles. The Balaban J connectivity index is 2.02. The number of hydrogen-bond acceptors (Lipinski definition) is 4. The van der Waals surface area contributed by atoms with Crippen molar-refractivity contribution in [3.8, 4) is 0 Å². The minimum atomic E-state index is -0.0511. The molecule has 2 N–H and O–H groups in total. The van der Waals surface area contributed by atoms with E-state index >= 15 is 0 Å². The third kappa shape index (κ3) is 2.72. The van der Waals surface area contributed by atoms with Crippen LogP contribution in [-0.4, -0.2) is 60.5 Å². The van der Waals surface area contributed by atoms with Crippen molar-refractivity contribution in [2.45, 2.75) is 63.3 Å². The van der Waals surface area contributed by atoms with Gasteiger partial charge in [0.15, 0.2) is 0 Å². The van der Waals surface area contributed by atoms with Crippen LogP contribution in [0.1, 0.15) is 39.5 Å². The maximum absolute atomic E-state index is 9.60. The van der Waals surface area contributed by atoms with Gasteiger partial charge in [-0.25, -0.2) is 0 Å². The van der Waals surface area contributed by atoms with E-state index in [9.17, 15) is 5.11 Å². The second kappa shape index (κ2) is 5.87. The molecule has 2 aliphatic rings. The van der Waals surface area contributed by atoms with E-state index in [1.165, 1.54) is 6.42 Å². The summed E-state index contributed by atoms with van der Waals surface area (Å²) in [6, 6.07) is 1.15. The number of rotatable bonds is 4. The maximum atomic E-state index is 9.60. The van der Waals surface area contributed by atoms with E-state index in [4.69, 9.17) is 4.74 Å². The van der Waals surface area contributed by atoms with Crippen molar-refractivity contribution < 1.29 is 9.84 Å².